The Hall–Kier alpha value is -1.25. The summed E-state index contributed by atoms with van der Waals surface area (Å²) in [7, 11) is 2.06. The number of thioether (sulfide) groups is 1. The van der Waals surface area contributed by atoms with Gasteiger partial charge >= 0.3 is 0 Å². The molecule has 1 atom stereocenters. The van der Waals surface area contributed by atoms with Crippen molar-refractivity contribution in [1.82, 2.24) is 5.32 Å². The van der Waals surface area contributed by atoms with Gasteiger partial charge in [-0.3, -0.25) is 0 Å². The van der Waals surface area contributed by atoms with E-state index in [-0.39, 0.29) is 0 Å². The van der Waals surface area contributed by atoms with Crippen molar-refractivity contribution in [2.45, 2.75) is 30.7 Å². The summed E-state index contributed by atoms with van der Waals surface area (Å²) in [6.07, 6.45) is 2.32. The maximum Gasteiger partial charge on any atom is 0.0161 e. The predicted octanol–water partition coefficient (Wildman–Crippen LogP) is 4.31. The lowest BCUT2D eigenvalue weighted by Crippen LogP contribution is -2.28. The van der Waals surface area contributed by atoms with Crippen LogP contribution in [-0.2, 0) is 6.42 Å². The molecule has 2 rings (SSSR count). The zero-order valence-corrected chi connectivity index (χ0v) is 13.1. The fourth-order valence-electron chi connectivity index (χ4n) is 2.13. The molecule has 0 amide bonds. The number of hydrogen-bond donors (Lipinski definition) is 1. The van der Waals surface area contributed by atoms with Crippen molar-refractivity contribution in [3.05, 3.63) is 65.7 Å². The first-order chi connectivity index (χ1) is 9.78. The van der Waals surface area contributed by atoms with Crippen molar-refractivity contribution in [3.8, 4) is 0 Å². The van der Waals surface area contributed by atoms with E-state index in [2.05, 4.69) is 73.9 Å². The minimum Gasteiger partial charge on any atom is -0.316 e. The molecule has 0 radical (unpaired) electrons. The van der Waals surface area contributed by atoms with Crippen molar-refractivity contribution in [1.29, 1.82) is 0 Å². The summed E-state index contributed by atoms with van der Waals surface area (Å²) < 4.78 is 0. The van der Waals surface area contributed by atoms with Gasteiger partial charge in [0.25, 0.3) is 0 Å². The Balaban J connectivity index is 1.79. The second kappa shape index (κ2) is 8.13. The summed E-state index contributed by atoms with van der Waals surface area (Å²) in [4.78, 5) is 1.36. The van der Waals surface area contributed by atoms with Gasteiger partial charge in [-0.15, -0.1) is 11.8 Å². The molecule has 1 N–H and O–H groups in total. The largest absolute Gasteiger partial charge is 0.316 e. The smallest absolute Gasteiger partial charge is 0.0161 e. The Bertz CT molecular complexity index is 493. The van der Waals surface area contributed by atoms with Gasteiger partial charge < -0.3 is 5.32 Å². The van der Waals surface area contributed by atoms with Crippen LogP contribution in [0.25, 0.3) is 0 Å². The summed E-state index contributed by atoms with van der Waals surface area (Å²) in [5, 5.41) is 3.43. The molecule has 0 heterocycles. The van der Waals surface area contributed by atoms with E-state index in [1.165, 1.54) is 22.4 Å². The molecule has 2 aromatic carbocycles. The van der Waals surface area contributed by atoms with E-state index in [0.717, 1.165) is 12.2 Å². The highest BCUT2D eigenvalue weighted by molar-refractivity contribution is 7.99. The minimum atomic E-state index is 0.557. The van der Waals surface area contributed by atoms with Crippen LogP contribution in [0.4, 0.5) is 0 Å². The zero-order chi connectivity index (χ0) is 14.2. The molecule has 2 heteroatoms. The molecule has 0 saturated heterocycles. The molecule has 0 spiro atoms. The number of nitrogens with one attached hydrogen (secondary N) is 1. The Morgan fingerprint density at radius 3 is 2.35 bits per heavy atom. The van der Waals surface area contributed by atoms with Crippen LogP contribution in [0.3, 0.4) is 0 Å². The molecule has 0 aliphatic carbocycles. The van der Waals surface area contributed by atoms with Gasteiger partial charge in [0, 0.05) is 16.7 Å². The second-order valence-electron chi connectivity index (χ2n) is 5.13. The monoisotopic (exact) mass is 285 g/mol. The maximum absolute atomic E-state index is 3.43. The molecule has 0 aliphatic rings. The average Bonchev–Trinajstić information content (AvgIpc) is 2.50. The first-order valence-corrected chi connectivity index (χ1v) is 8.17. The number of benzene rings is 2. The first-order valence-electron chi connectivity index (χ1n) is 7.18. The Morgan fingerprint density at radius 1 is 1.00 bits per heavy atom. The van der Waals surface area contributed by atoms with E-state index in [4.69, 9.17) is 0 Å². The van der Waals surface area contributed by atoms with Crippen molar-refractivity contribution in [2.24, 2.45) is 0 Å². The van der Waals surface area contributed by atoms with Gasteiger partial charge in [-0.05, 0) is 44.5 Å². The topological polar surface area (TPSA) is 12.0 Å². The Kier molecular flexibility index (Phi) is 6.16. The number of hydrogen-bond acceptors (Lipinski definition) is 2. The molecule has 0 fully saturated rings. The van der Waals surface area contributed by atoms with E-state index in [1.807, 2.05) is 11.8 Å². The molecule has 1 nitrogen and oxygen atoms in total. The van der Waals surface area contributed by atoms with Crippen LogP contribution < -0.4 is 5.32 Å². The lowest BCUT2D eigenvalue weighted by Gasteiger charge is -2.15. The van der Waals surface area contributed by atoms with Crippen molar-refractivity contribution in [3.63, 3.8) is 0 Å². The third-order valence-corrected chi connectivity index (χ3v) is 4.68. The van der Waals surface area contributed by atoms with E-state index >= 15 is 0 Å². The molecular formula is C18H23NS. The van der Waals surface area contributed by atoms with Crippen LogP contribution in [0.15, 0.2) is 59.5 Å². The SMILES string of the molecule is CNC(CCc1ccccc1)CSc1ccc(C)cc1. The highest BCUT2D eigenvalue weighted by Crippen LogP contribution is 2.20. The van der Waals surface area contributed by atoms with E-state index in [9.17, 15) is 0 Å². The highest BCUT2D eigenvalue weighted by Gasteiger charge is 2.07. The first kappa shape index (κ1) is 15.1. The third-order valence-electron chi connectivity index (χ3n) is 3.50. The van der Waals surface area contributed by atoms with Crippen molar-refractivity contribution >= 4 is 11.8 Å². The van der Waals surface area contributed by atoms with Crippen LogP contribution in [-0.4, -0.2) is 18.8 Å². The van der Waals surface area contributed by atoms with Gasteiger partial charge in [0.1, 0.15) is 0 Å². The van der Waals surface area contributed by atoms with Crippen molar-refractivity contribution in [2.75, 3.05) is 12.8 Å². The number of rotatable bonds is 7. The van der Waals surface area contributed by atoms with E-state index < -0.39 is 0 Å². The molecule has 0 saturated carbocycles. The summed E-state index contributed by atoms with van der Waals surface area (Å²) in [5.74, 6) is 1.12. The lowest BCUT2D eigenvalue weighted by molar-refractivity contribution is 0.573. The Labute approximate surface area is 126 Å². The maximum atomic E-state index is 3.43. The van der Waals surface area contributed by atoms with Gasteiger partial charge in [0.2, 0.25) is 0 Å². The highest BCUT2D eigenvalue weighted by atomic mass is 32.2. The average molecular weight is 285 g/mol. The molecular weight excluding hydrogens is 262 g/mol. The molecule has 2 aromatic rings. The standard InChI is InChI=1S/C18H23NS/c1-15-8-12-18(13-9-15)20-14-17(19-2)11-10-16-6-4-3-5-7-16/h3-9,12-13,17,19H,10-11,14H2,1-2H3. The fraction of sp³-hybridized carbons (Fsp3) is 0.333. The van der Waals surface area contributed by atoms with Gasteiger partial charge in [-0.25, -0.2) is 0 Å². The third kappa shape index (κ3) is 5.03. The van der Waals surface area contributed by atoms with Crippen LogP contribution in [0.5, 0.6) is 0 Å². The van der Waals surface area contributed by atoms with Crippen LogP contribution in [0, 0.1) is 6.92 Å². The molecule has 20 heavy (non-hydrogen) atoms. The molecule has 0 bridgehead atoms. The van der Waals surface area contributed by atoms with Gasteiger partial charge in [-0.1, -0.05) is 48.0 Å². The van der Waals surface area contributed by atoms with E-state index in [0.29, 0.717) is 6.04 Å². The van der Waals surface area contributed by atoms with Crippen LogP contribution >= 0.6 is 11.8 Å². The zero-order valence-electron chi connectivity index (χ0n) is 12.3. The summed E-state index contributed by atoms with van der Waals surface area (Å²) in [5.41, 5.74) is 2.75. The quantitative estimate of drug-likeness (QED) is 0.761. The second-order valence-corrected chi connectivity index (χ2v) is 6.23. The van der Waals surface area contributed by atoms with Gasteiger partial charge in [0.15, 0.2) is 0 Å². The fourth-order valence-corrected chi connectivity index (χ4v) is 3.18. The van der Waals surface area contributed by atoms with Gasteiger partial charge in [0.05, 0.1) is 0 Å². The lowest BCUT2D eigenvalue weighted by atomic mass is 10.1. The summed E-state index contributed by atoms with van der Waals surface area (Å²) >= 11 is 1.93. The van der Waals surface area contributed by atoms with Crippen LogP contribution in [0.2, 0.25) is 0 Å². The molecule has 0 aliphatic heterocycles. The number of aryl methyl sites for hydroxylation is 2. The molecule has 0 aromatic heterocycles. The Morgan fingerprint density at radius 2 is 1.70 bits per heavy atom. The molecule has 106 valence electrons. The van der Waals surface area contributed by atoms with E-state index in [1.54, 1.807) is 0 Å². The summed E-state index contributed by atoms with van der Waals surface area (Å²) in [6, 6.07) is 20.1. The predicted molar refractivity (Wildman–Crippen MR) is 89.5 cm³/mol. The minimum absolute atomic E-state index is 0.557. The summed E-state index contributed by atoms with van der Waals surface area (Å²) in [6.45, 7) is 2.13. The van der Waals surface area contributed by atoms with Crippen LogP contribution in [0.1, 0.15) is 17.5 Å². The van der Waals surface area contributed by atoms with Gasteiger partial charge in [-0.2, -0.15) is 0 Å². The normalized spacial score (nSPS) is 12.3. The molecule has 1 unspecified atom stereocenters. The van der Waals surface area contributed by atoms with Crippen molar-refractivity contribution < 1.29 is 0 Å².